The zero-order valence-electron chi connectivity index (χ0n) is 15.4. The summed E-state index contributed by atoms with van der Waals surface area (Å²) >= 11 is 0. The van der Waals surface area contributed by atoms with Crippen molar-refractivity contribution in [3.8, 4) is 22.4 Å². The number of aromatic amines is 2. The number of amides is 1. The fourth-order valence-corrected chi connectivity index (χ4v) is 2.95. The Hall–Kier alpha value is -3.95. The first-order valence-electron chi connectivity index (χ1n) is 8.86. The molecule has 0 aliphatic rings. The van der Waals surface area contributed by atoms with Gasteiger partial charge >= 0.3 is 6.18 Å². The van der Waals surface area contributed by atoms with Crippen LogP contribution in [0.15, 0.2) is 61.1 Å². The number of hydrogen-bond donors (Lipinski definition) is 3. The lowest BCUT2D eigenvalue weighted by Gasteiger charge is -2.07. The third kappa shape index (κ3) is 4.07. The van der Waals surface area contributed by atoms with Crippen LogP contribution >= 0.6 is 0 Å². The molecule has 0 atom stereocenters. The zero-order chi connectivity index (χ0) is 21.1. The van der Waals surface area contributed by atoms with Crippen LogP contribution in [0.25, 0.3) is 22.4 Å². The lowest BCUT2D eigenvalue weighted by atomic mass is 10.0. The van der Waals surface area contributed by atoms with Gasteiger partial charge in [0, 0.05) is 36.1 Å². The summed E-state index contributed by atoms with van der Waals surface area (Å²) in [6.07, 6.45) is 0.514. The van der Waals surface area contributed by atoms with Gasteiger partial charge in [0.25, 0.3) is 5.91 Å². The van der Waals surface area contributed by atoms with Gasteiger partial charge in [0.05, 0.1) is 11.9 Å². The molecule has 0 spiro atoms. The second-order valence-corrected chi connectivity index (χ2v) is 6.44. The first kappa shape index (κ1) is 19.4. The largest absolute Gasteiger partial charge is 0.432 e. The number of carbonyl (C=O) groups is 1. The molecule has 0 unspecified atom stereocenters. The fourth-order valence-electron chi connectivity index (χ4n) is 2.95. The first-order chi connectivity index (χ1) is 14.4. The van der Waals surface area contributed by atoms with Crippen LogP contribution in [0.5, 0.6) is 0 Å². The van der Waals surface area contributed by atoms with E-state index in [2.05, 4.69) is 25.6 Å². The predicted octanol–water partition coefficient (Wildman–Crippen LogP) is 3.81. The van der Waals surface area contributed by atoms with Gasteiger partial charge in [-0.2, -0.15) is 23.4 Å². The summed E-state index contributed by atoms with van der Waals surface area (Å²) in [4.78, 5) is 16.1. The van der Waals surface area contributed by atoms with Crippen LogP contribution in [0, 0.1) is 0 Å². The molecule has 0 radical (unpaired) electrons. The van der Waals surface area contributed by atoms with Gasteiger partial charge in [-0.05, 0) is 29.3 Å². The Balaban J connectivity index is 1.49. The van der Waals surface area contributed by atoms with E-state index in [1.807, 2.05) is 35.4 Å². The number of benzene rings is 1. The standard InChI is InChI=1S/C20H15F3N6O/c21-20(22,23)17-9-16(27-28-17)19(30)25-10-12-2-1-3-14(8-12)18-15(11-26-29-18)13-4-6-24-7-5-13/h1-9,11H,10H2,(H,25,30)(H,26,29)(H,27,28). The van der Waals surface area contributed by atoms with Crippen molar-refractivity contribution in [1.29, 1.82) is 0 Å². The molecule has 0 saturated heterocycles. The van der Waals surface area contributed by atoms with Crippen LogP contribution in [0.2, 0.25) is 0 Å². The highest BCUT2D eigenvalue weighted by atomic mass is 19.4. The van der Waals surface area contributed by atoms with E-state index in [1.54, 1.807) is 24.7 Å². The highest BCUT2D eigenvalue weighted by Gasteiger charge is 2.33. The lowest BCUT2D eigenvalue weighted by Crippen LogP contribution is -2.23. The van der Waals surface area contributed by atoms with Crippen molar-refractivity contribution in [2.75, 3.05) is 0 Å². The monoisotopic (exact) mass is 412 g/mol. The van der Waals surface area contributed by atoms with Gasteiger partial charge in [-0.25, -0.2) is 0 Å². The highest BCUT2D eigenvalue weighted by Crippen LogP contribution is 2.30. The summed E-state index contributed by atoms with van der Waals surface area (Å²) < 4.78 is 37.9. The van der Waals surface area contributed by atoms with Crippen molar-refractivity contribution in [1.82, 2.24) is 30.7 Å². The van der Waals surface area contributed by atoms with Gasteiger partial charge in [0.1, 0.15) is 5.69 Å². The number of hydrogen-bond acceptors (Lipinski definition) is 4. The molecule has 0 aliphatic carbocycles. The number of aromatic nitrogens is 5. The summed E-state index contributed by atoms with van der Waals surface area (Å²) in [7, 11) is 0. The van der Waals surface area contributed by atoms with Crippen LogP contribution < -0.4 is 5.32 Å². The minimum atomic E-state index is -4.59. The number of carbonyl (C=O) groups excluding carboxylic acids is 1. The Kier molecular flexibility index (Phi) is 5.05. The van der Waals surface area contributed by atoms with Crippen LogP contribution in [0.3, 0.4) is 0 Å². The van der Waals surface area contributed by atoms with Gasteiger partial charge in [-0.15, -0.1) is 0 Å². The third-order valence-electron chi connectivity index (χ3n) is 4.42. The van der Waals surface area contributed by atoms with E-state index in [1.165, 1.54) is 0 Å². The Morgan fingerprint density at radius 2 is 1.83 bits per heavy atom. The van der Waals surface area contributed by atoms with Crippen molar-refractivity contribution >= 4 is 5.91 Å². The summed E-state index contributed by atoms with van der Waals surface area (Å²) in [5.41, 5.74) is 2.87. The molecule has 10 heteroatoms. The van der Waals surface area contributed by atoms with Gasteiger partial charge in [0.15, 0.2) is 5.69 Å². The molecule has 0 aliphatic heterocycles. The minimum absolute atomic E-state index is 0.125. The van der Waals surface area contributed by atoms with Crippen molar-refractivity contribution in [3.63, 3.8) is 0 Å². The minimum Gasteiger partial charge on any atom is -0.347 e. The summed E-state index contributed by atoms with van der Waals surface area (Å²) in [5, 5.41) is 14.9. The molecule has 3 aromatic heterocycles. The predicted molar refractivity (Wildman–Crippen MR) is 102 cm³/mol. The SMILES string of the molecule is O=C(NCc1cccc(-c2[nH]ncc2-c2ccncc2)c1)c1cc(C(F)(F)F)[nH]n1. The number of H-pyrrole nitrogens is 2. The van der Waals surface area contributed by atoms with Crippen molar-refractivity contribution in [2.24, 2.45) is 0 Å². The Labute approximate surface area is 168 Å². The van der Waals surface area contributed by atoms with E-state index >= 15 is 0 Å². The second kappa shape index (κ2) is 7.82. The van der Waals surface area contributed by atoms with Crippen LogP contribution in [0.4, 0.5) is 13.2 Å². The molecule has 3 heterocycles. The maximum absolute atomic E-state index is 12.6. The van der Waals surface area contributed by atoms with Crippen molar-refractivity contribution in [2.45, 2.75) is 12.7 Å². The van der Waals surface area contributed by atoms with Gasteiger partial charge in [0.2, 0.25) is 0 Å². The van der Waals surface area contributed by atoms with Gasteiger partial charge < -0.3 is 5.32 Å². The molecule has 7 nitrogen and oxygen atoms in total. The first-order valence-corrected chi connectivity index (χ1v) is 8.86. The smallest absolute Gasteiger partial charge is 0.347 e. The molecule has 0 saturated carbocycles. The highest BCUT2D eigenvalue weighted by molar-refractivity contribution is 5.92. The fraction of sp³-hybridized carbons (Fsp3) is 0.100. The lowest BCUT2D eigenvalue weighted by molar-refractivity contribution is -0.141. The summed E-state index contributed by atoms with van der Waals surface area (Å²) in [6.45, 7) is 0.125. The maximum Gasteiger partial charge on any atom is 0.432 e. The van der Waals surface area contributed by atoms with E-state index in [0.717, 1.165) is 27.9 Å². The normalized spacial score (nSPS) is 11.4. The van der Waals surface area contributed by atoms with Crippen LogP contribution in [0.1, 0.15) is 21.7 Å². The van der Waals surface area contributed by atoms with E-state index in [4.69, 9.17) is 0 Å². The molecule has 152 valence electrons. The second-order valence-electron chi connectivity index (χ2n) is 6.44. The number of nitrogens with one attached hydrogen (secondary N) is 3. The Morgan fingerprint density at radius 3 is 2.57 bits per heavy atom. The molecule has 3 N–H and O–H groups in total. The summed E-state index contributed by atoms with van der Waals surface area (Å²) in [6, 6.07) is 11.8. The quantitative estimate of drug-likeness (QED) is 0.464. The molecule has 0 fully saturated rings. The van der Waals surface area contributed by atoms with Crippen LogP contribution in [-0.2, 0) is 12.7 Å². The number of pyridine rings is 1. The maximum atomic E-state index is 12.6. The van der Waals surface area contributed by atoms with Crippen molar-refractivity contribution < 1.29 is 18.0 Å². The number of alkyl halides is 3. The Bertz CT molecular complexity index is 1170. The molecule has 4 rings (SSSR count). The summed E-state index contributed by atoms with van der Waals surface area (Å²) in [5.74, 6) is -0.703. The zero-order valence-corrected chi connectivity index (χ0v) is 15.4. The Morgan fingerprint density at radius 1 is 1.03 bits per heavy atom. The number of rotatable bonds is 5. The van der Waals surface area contributed by atoms with E-state index in [-0.39, 0.29) is 12.2 Å². The average molecular weight is 412 g/mol. The number of halogens is 3. The third-order valence-corrected chi connectivity index (χ3v) is 4.42. The van der Waals surface area contributed by atoms with E-state index in [0.29, 0.717) is 6.07 Å². The topological polar surface area (TPSA) is 99.4 Å². The van der Waals surface area contributed by atoms with Crippen molar-refractivity contribution in [3.05, 3.63) is 78.0 Å². The van der Waals surface area contributed by atoms with Gasteiger partial charge in [-0.1, -0.05) is 18.2 Å². The molecule has 0 bridgehead atoms. The molecule has 4 aromatic rings. The molecular formula is C20H15F3N6O. The van der Waals surface area contributed by atoms with E-state index in [9.17, 15) is 18.0 Å². The molecule has 1 amide bonds. The molecule has 1 aromatic carbocycles. The van der Waals surface area contributed by atoms with E-state index < -0.39 is 17.8 Å². The van der Waals surface area contributed by atoms with Gasteiger partial charge in [-0.3, -0.25) is 20.0 Å². The molecule has 30 heavy (non-hydrogen) atoms. The number of nitrogens with zero attached hydrogens (tertiary/aromatic N) is 3. The molecular weight excluding hydrogens is 397 g/mol. The average Bonchev–Trinajstić information content (AvgIpc) is 3.42. The van der Waals surface area contributed by atoms with Crippen LogP contribution in [-0.4, -0.2) is 31.3 Å².